The van der Waals surface area contributed by atoms with Crippen molar-refractivity contribution in [3.63, 3.8) is 0 Å². The van der Waals surface area contributed by atoms with Crippen molar-refractivity contribution < 1.29 is 14.0 Å². The van der Waals surface area contributed by atoms with Crippen LogP contribution >= 0.6 is 27.7 Å². The van der Waals surface area contributed by atoms with Gasteiger partial charge in [0.25, 0.3) is 5.91 Å². The van der Waals surface area contributed by atoms with E-state index >= 15 is 0 Å². The van der Waals surface area contributed by atoms with Crippen LogP contribution in [-0.2, 0) is 4.79 Å². The van der Waals surface area contributed by atoms with E-state index in [1.165, 1.54) is 0 Å². The van der Waals surface area contributed by atoms with E-state index in [1.807, 2.05) is 6.92 Å². The van der Waals surface area contributed by atoms with Gasteiger partial charge in [-0.3, -0.25) is 9.59 Å². The molecule has 2 amide bonds. The number of thioether (sulfide) groups is 1. The molecule has 0 spiro atoms. The molecule has 1 aromatic rings. The molecule has 116 valence electrons. The number of nitrogens with zero attached hydrogens (tertiary/aromatic N) is 1. The highest BCUT2D eigenvalue weighted by Gasteiger charge is 2.36. The molecule has 0 aliphatic carbocycles. The lowest BCUT2D eigenvalue weighted by molar-refractivity contribution is -0.124. The van der Waals surface area contributed by atoms with Crippen LogP contribution in [0.3, 0.4) is 0 Å². The number of nitrogens with one attached hydrogen (secondary N) is 1. The van der Waals surface area contributed by atoms with Gasteiger partial charge in [0.15, 0.2) is 10.4 Å². The van der Waals surface area contributed by atoms with Crippen LogP contribution in [0.4, 0.5) is 0 Å². The summed E-state index contributed by atoms with van der Waals surface area (Å²) in [7, 11) is 0. The molecule has 1 saturated heterocycles. The zero-order chi connectivity index (χ0) is 15.4. The summed E-state index contributed by atoms with van der Waals surface area (Å²) in [4.78, 5) is 26.3. The van der Waals surface area contributed by atoms with Crippen LogP contribution in [0, 0.1) is 6.92 Å². The van der Waals surface area contributed by atoms with Crippen molar-refractivity contribution in [1.29, 1.82) is 0 Å². The van der Waals surface area contributed by atoms with Crippen LogP contribution in [0.1, 0.15) is 35.9 Å². The van der Waals surface area contributed by atoms with E-state index in [4.69, 9.17) is 4.42 Å². The van der Waals surface area contributed by atoms with E-state index in [0.717, 1.165) is 18.4 Å². The number of carbonyl (C=O) groups is 2. The summed E-state index contributed by atoms with van der Waals surface area (Å²) >= 11 is 4.81. The Labute approximate surface area is 136 Å². The maximum absolute atomic E-state index is 12.5. The fourth-order valence-electron chi connectivity index (χ4n) is 2.15. The Balaban J connectivity index is 2.06. The maximum atomic E-state index is 12.5. The molecule has 1 fully saturated rings. The lowest BCUT2D eigenvalue weighted by atomic mass is 10.2. The molecule has 1 atom stereocenters. The number of halogens is 1. The molecule has 1 N–H and O–H groups in total. The first-order valence-corrected chi connectivity index (χ1v) is 8.91. The van der Waals surface area contributed by atoms with E-state index in [1.54, 1.807) is 22.7 Å². The summed E-state index contributed by atoms with van der Waals surface area (Å²) in [5.41, 5.74) is 0.772. The topological polar surface area (TPSA) is 62.6 Å². The third kappa shape index (κ3) is 3.83. The van der Waals surface area contributed by atoms with Crippen LogP contribution in [0.2, 0.25) is 0 Å². The molecular formula is C14H19BrN2O3S. The van der Waals surface area contributed by atoms with E-state index in [9.17, 15) is 9.59 Å². The zero-order valence-electron chi connectivity index (χ0n) is 12.1. The van der Waals surface area contributed by atoms with Crippen molar-refractivity contribution in [1.82, 2.24) is 10.2 Å². The standard InChI is InChI=1S/C14H19BrN2O3S/c1-3-4-5-16-13(18)10-7-21-8-17(10)14(19)12-9(2)6-11(15)20-12/h6,10H,3-5,7-8H2,1-2H3,(H,16,18)/t10-/m1/s1. The van der Waals surface area contributed by atoms with Gasteiger partial charge >= 0.3 is 0 Å². The molecule has 1 aliphatic heterocycles. The first-order valence-electron chi connectivity index (χ1n) is 6.97. The zero-order valence-corrected chi connectivity index (χ0v) is 14.6. The van der Waals surface area contributed by atoms with Crippen LogP contribution in [-0.4, -0.2) is 40.9 Å². The van der Waals surface area contributed by atoms with Gasteiger partial charge in [0.1, 0.15) is 6.04 Å². The minimum absolute atomic E-state index is 0.0786. The number of furan rings is 1. The molecule has 5 nitrogen and oxygen atoms in total. The quantitative estimate of drug-likeness (QED) is 0.804. The van der Waals surface area contributed by atoms with Crippen molar-refractivity contribution >= 4 is 39.5 Å². The lowest BCUT2D eigenvalue weighted by Gasteiger charge is -2.22. The summed E-state index contributed by atoms with van der Waals surface area (Å²) < 4.78 is 5.93. The largest absolute Gasteiger partial charge is 0.444 e. The average molecular weight is 375 g/mol. The van der Waals surface area contributed by atoms with Crippen LogP contribution in [0.5, 0.6) is 0 Å². The first-order chi connectivity index (χ1) is 10.0. The summed E-state index contributed by atoms with van der Waals surface area (Å²) in [5.74, 6) is 1.15. The van der Waals surface area contributed by atoms with Crippen LogP contribution < -0.4 is 5.32 Å². The molecule has 0 unspecified atom stereocenters. The normalized spacial score (nSPS) is 18.0. The fraction of sp³-hybridized carbons (Fsp3) is 0.571. The number of amides is 2. The molecule has 0 aromatic carbocycles. The maximum Gasteiger partial charge on any atom is 0.291 e. The van der Waals surface area contributed by atoms with Crippen molar-refractivity contribution in [3.05, 3.63) is 22.1 Å². The Hall–Kier alpha value is -0.950. The summed E-state index contributed by atoms with van der Waals surface area (Å²) in [6.45, 7) is 4.55. The van der Waals surface area contributed by atoms with Crippen molar-refractivity contribution in [2.45, 2.75) is 32.7 Å². The molecule has 0 saturated carbocycles. The number of rotatable bonds is 5. The lowest BCUT2D eigenvalue weighted by Crippen LogP contribution is -2.47. The second kappa shape index (κ2) is 7.35. The second-order valence-corrected chi connectivity index (χ2v) is 6.78. The number of hydrogen-bond acceptors (Lipinski definition) is 4. The van der Waals surface area contributed by atoms with Crippen LogP contribution in [0.25, 0.3) is 0 Å². The van der Waals surface area contributed by atoms with Gasteiger partial charge in [0.05, 0.1) is 5.88 Å². The highest BCUT2D eigenvalue weighted by Crippen LogP contribution is 2.27. The van der Waals surface area contributed by atoms with Crippen LogP contribution in [0.15, 0.2) is 15.2 Å². The Kier molecular flexibility index (Phi) is 5.75. The average Bonchev–Trinajstić information content (AvgIpc) is 3.04. The Morgan fingerprint density at radius 2 is 2.33 bits per heavy atom. The molecule has 7 heteroatoms. The SMILES string of the molecule is CCCCNC(=O)[C@H]1CSCN1C(=O)c1oc(Br)cc1C. The van der Waals surface area contributed by atoms with Crippen molar-refractivity contribution in [3.8, 4) is 0 Å². The monoisotopic (exact) mass is 374 g/mol. The van der Waals surface area contributed by atoms with E-state index in [2.05, 4.69) is 28.2 Å². The Morgan fingerprint density at radius 3 is 2.95 bits per heavy atom. The van der Waals surface area contributed by atoms with Gasteiger partial charge < -0.3 is 14.6 Å². The first kappa shape index (κ1) is 16.4. The summed E-state index contributed by atoms with van der Waals surface area (Å²) in [5, 5.41) is 2.90. The fourth-order valence-corrected chi connectivity index (χ4v) is 3.81. The summed E-state index contributed by atoms with van der Waals surface area (Å²) in [6, 6.07) is 1.34. The van der Waals surface area contributed by atoms with Gasteiger partial charge in [-0.05, 0) is 35.3 Å². The third-order valence-electron chi connectivity index (χ3n) is 3.36. The van der Waals surface area contributed by atoms with E-state index in [-0.39, 0.29) is 11.8 Å². The number of hydrogen-bond donors (Lipinski definition) is 1. The van der Waals surface area contributed by atoms with Gasteiger partial charge in [0.2, 0.25) is 5.91 Å². The van der Waals surface area contributed by atoms with Gasteiger partial charge in [0, 0.05) is 17.9 Å². The summed E-state index contributed by atoms with van der Waals surface area (Å²) in [6.07, 6.45) is 1.98. The highest BCUT2D eigenvalue weighted by atomic mass is 79.9. The molecule has 1 aromatic heterocycles. The molecule has 1 aliphatic rings. The Morgan fingerprint density at radius 1 is 1.57 bits per heavy atom. The van der Waals surface area contributed by atoms with Crippen molar-refractivity contribution in [2.75, 3.05) is 18.2 Å². The Bertz CT molecular complexity index is 532. The number of carbonyl (C=O) groups excluding carboxylic acids is 2. The van der Waals surface area contributed by atoms with Crippen molar-refractivity contribution in [2.24, 2.45) is 0 Å². The highest BCUT2D eigenvalue weighted by molar-refractivity contribution is 9.10. The van der Waals surface area contributed by atoms with Gasteiger partial charge in [-0.1, -0.05) is 13.3 Å². The van der Waals surface area contributed by atoms with Gasteiger partial charge in [-0.15, -0.1) is 11.8 Å². The third-order valence-corrected chi connectivity index (χ3v) is 4.76. The van der Waals surface area contributed by atoms with E-state index in [0.29, 0.717) is 28.6 Å². The number of unbranched alkanes of at least 4 members (excludes halogenated alkanes) is 1. The molecule has 2 rings (SSSR count). The minimum atomic E-state index is -0.414. The smallest absolute Gasteiger partial charge is 0.291 e. The van der Waals surface area contributed by atoms with E-state index < -0.39 is 6.04 Å². The van der Waals surface area contributed by atoms with Gasteiger partial charge in [-0.25, -0.2) is 0 Å². The van der Waals surface area contributed by atoms with Gasteiger partial charge in [-0.2, -0.15) is 0 Å². The minimum Gasteiger partial charge on any atom is -0.444 e. The predicted octanol–water partition coefficient (Wildman–Crippen LogP) is 2.78. The molecular weight excluding hydrogens is 356 g/mol. The molecule has 0 bridgehead atoms. The molecule has 0 radical (unpaired) electrons. The second-order valence-electron chi connectivity index (χ2n) is 5.00. The molecule has 2 heterocycles. The number of aryl methyl sites for hydroxylation is 1. The molecule has 21 heavy (non-hydrogen) atoms. The predicted molar refractivity (Wildman–Crippen MR) is 86.3 cm³/mol.